The van der Waals surface area contributed by atoms with E-state index in [1.807, 2.05) is 0 Å². The molecule has 3 heterocycles. The standard InChI is InChI=1S/C28H36N4O2/c1-18(2)21-5-7-24(8-6-21)32-26-16-20(4)19(3)15-25(26)30-28(32)31-12-9-22(10-13-31)27(33)29-23-11-14-34-17-23/h5-8,15-16,18,22-23H,9-14,17H2,1-4H3,(H,29,33)/t23-/m1/s1. The van der Waals surface area contributed by atoms with E-state index in [2.05, 4.69) is 78.9 Å². The number of piperidine rings is 1. The van der Waals surface area contributed by atoms with Crippen LogP contribution < -0.4 is 10.2 Å². The number of nitrogens with one attached hydrogen (secondary N) is 1. The molecule has 5 rings (SSSR count). The number of hydrogen-bond acceptors (Lipinski definition) is 4. The molecule has 180 valence electrons. The van der Waals surface area contributed by atoms with Gasteiger partial charge < -0.3 is 15.0 Å². The molecule has 6 heteroatoms. The van der Waals surface area contributed by atoms with Gasteiger partial charge >= 0.3 is 0 Å². The molecule has 2 aromatic carbocycles. The van der Waals surface area contributed by atoms with Gasteiger partial charge in [0.15, 0.2) is 0 Å². The van der Waals surface area contributed by atoms with Gasteiger partial charge in [0.05, 0.1) is 23.7 Å². The topological polar surface area (TPSA) is 59.4 Å². The van der Waals surface area contributed by atoms with Crippen molar-refractivity contribution in [3.63, 3.8) is 0 Å². The molecule has 0 bridgehead atoms. The number of hydrogen-bond donors (Lipinski definition) is 1. The Balaban J connectivity index is 1.42. The van der Waals surface area contributed by atoms with Crippen LogP contribution in [0.3, 0.4) is 0 Å². The fraction of sp³-hybridized carbons (Fsp3) is 0.500. The summed E-state index contributed by atoms with van der Waals surface area (Å²) in [6, 6.07) is 13.5. The van der Waals surface area contributed by atoms with Crippen molar-refractivity contribution in [3.8, 4) is 5.69 Å². The third-order valence-electron chi connectivity index (χ3n) is 7.49. The highest BCUT2D eigenvalue weighted by Gasteiger charge is 2.30. The largest absolute Gasteiger partial charge is 0.379 e. The monoisotopic (exact) mass is 460 g/mol. The summed E-state index contributed by atoms with van der Waals surface area (Å²) in [5.41, 5.74) is 7.14. The molecule has 2 saturated heterocycles. The smallest absolute Gasteiger partial charge is 0.223 e. The number of aryl methyl sites for hydroxylation is 2. The van der Waals surface area contributed by atoms with Gasteiger partial charge in [0.2, 0.25) is 11.9 Å². The van der Waals surface area contributed by atoms with Gasteiger partial charge in [-0.3, -0.25) is 9.36 Å². The Morgan fingerprint density at radius 2 is 1.76 bits per heavy atom. The number of rotatable bonds is 5. The Hall–Kier alpha value is -2.86. The van der Waals surface area contributed by atoms with Gasteiger partial charge in [-0.15, -0.1) is 0 Å². The second kappa shape index (κ2) is 9.41. The number of amides is 1. The van der Waals surface area contributed by atoms with Crippen LogP contribution in [-0.2, 0) is 9.53 Å². The summed E-state index contributed by atoms with van der Waals surface area (Å²) in [5.74, 6) is 1.71. The molecule has 0 radical (unpaired) electrons. The first-order chi connectivity index (χ1) is 16.4. The highest BCUT2D eigenvalue weighted by molar-refractivity contribution is 5.83. The SMILES string of the molecule is Cc1cc2nc(N3CCC(C(=O)N[C@@H]4CCOC4)CC3)n(-c3ccc(C(C)C)cc3)c2cc1C. The Labute approximate surface area is 202 Å². The Morgan fingerprint density at radius 1 is 1.06 bits per heavy atom. The molecular formula is C28H36N4O2. The summed E-state index contributed by atoms with van der Waals surface area (Å²) in [5, 5.41) is 3.19. The van der Waals surface area contributed by atoms with E-state index in [0.29, 0.717) is 12.5 Å². The number of carbonyl (C=O) groups is 1. The van der Waals surface area contributed by atoms with Crippen molar-refractivity contribution >= 4 is 22.9 Å². The summed E-state index contributed by atoms with van der Waals surface area (Å²) >= 11 is 0. The summed E-state index contributed by atoms with van der Waals surface area (Å²) in [7, 11) is 0. The van der Waals surface area contributed by atoms with Gasteiger partial charge in [-0.25, -0.2) is 4.98 Å². The first kappa shape index (κ1) is 22.9. The minimum Gasteiger partial charge on any atom is -0.379 e. The van der Waals surface area contributed by atoms with Gasteiger partial charge in [0.25, 0.3) is 0 Å². The number of fused-ring (bicyclic) bond motifs is 1. The maximum atomic E-state index is 12.8. The van der Waals surface area contributed by atoms with Crippen LogP contribution >= 0.6 is 0 Å². The molecule has 0 unspecified atom stereocenters. The van der Waals surface area contributed by atoms with Gasteiger partial charge in [0, 0.05) is 31.3 Å². The first-order valence-electron chi connectivity index (χ1n) is 12.6. The summed E-state index contributed by atoms with van der Waals surface area (Å²) in [6.45, 7) is 11.8. The van der Waals surface area contributed by atoms with Crippen molar-refractivity contribution in [2.45, 2.75) is 58.9 Å². The molecule has 3 aromatic rings. The van der Waals surface area contributed by atoms with Gasteiger partial charge in [-0.2, -0.15) is 0 Å². The normalized spacial score (nSPS) is 19.3. The minimum absolute atomic E-state index is 0.0597. The lowest BCUT2D eigenvalue weighted by molar-refractivity contribution is -0.126. The van der Waals surface area contributed by atoms with Crippen LogP contribution in [0, 0.1) is 19.8 Å². The number of benzene rings is 2. The van der Waals surface area contributed by atoms with E-state index in [4.69, 9.17) is 9.72 Å². The molecule has 0 aliphatic carbocycles. The van der Waals surface area contributed by atoms with Crippen molar-refractivity contribution in [1.82, 2.24) is 14.9 Å². The second-order valence-electron chi connectivity index (χ2n) is 10.2. The zero-order valence-electron chi connectivity index (χ0n) is 20.8. The average molecular weight is 461 g/mol. The molecule has 2 aliphatic heterocycles. The third-order valence-corrected chi connectivity index (χ3v) is 7.49. The number of anilines is 1. The van der Waals surface area contributed by atoms with Gasteiger partial charge in [0.1, 0.15) is 0 Å². The first-order valence-corrected chi connectivity index (χ1v) is 12.6. The number of ether oxygens (including phenoxy) is 1. The fourth-order valence-electron chi connectivity index (χ4n) is 5.10. The van der Waals surface area contributed by atoms with Crippen LogP contribution in [0.4, 0.5) is 5.95 Å². The molecule has 6 nitrogen and oxygen atoms in total. The Kier molecular flexibility index (Phi) is 6.34. The van der Waals surface area contributed by atoms with Crippen molar-refractivity contribution in [3.05, 3.63) is 53.1 Å². The molecule has 2 fully saturated rings. The molecular weight excluding hydrogens is 424 g/mol. The summed E-state index contributed by atoms with van der Waals surface area (Å²) in [4.78, 5) is 20.2. The maximum absolute atomic E-state index is 12.8. The summed E-state index contributed by atoms with van der Waals surface area (Å²) in [6.07, 6.45) is 2.60. The molecule has 34 heavy (non-hydrogen) atoms. The van der Waals surface area contributed by atoms with E-state index in [0.717, 1.165) is 61.6 Å². The van der Waals surface area contributed by atoms with Gasteiger partial charge in [-0.05, 0) is 80.0 Å². The van der Waals surface area contributed by atoms with E-state index < -0.39 is 0 Å². The van der Waals surface area contributed by atoms with Crippen molar-refractivity contribution in [1.29, 1.82) is 0 Å². The zero-order chi connectivity index (χ0) is 23.8. The number of nitrogens with zero attached hydrogens (tertiary/aromatic N) is 3. The minimum atomic E-state index is 0.0597. The highest BCUT2D eigenvalue weighted by Crippen LogP contribution is 2.32. The van der Waals surface area contributed by atoms with Crippen LogP contribution in [0.15, 0.2) is 36.4 Å². The quantitative estimate of drug-likeness (QED) is 0.589. The van der Waals surface area contributed by atoms with Crippen LogP contribution in [0.5, 0.6) is 0 Å². The predicted molar refractivity (Wildman–Crippen MR) is 137 cm³/mol. The molecule has 0 spiro atoms. The van der Waals surface area contributed by atoms with Crippen molar-refractivity contribution < 1.29 is 9.53 Å². The molecule has 2 aliphatic rings. The van der Waals surface area contributed by atoms with E-state index in [1.54, 1.807) is 0 Å². The van der Waals surface area contributed by atoms with Gasteiger partial charge in [-0.1, -0.05) is 26.0 Å². The lowest BCUT2D eigenvalue weighted by atomic mass is 9.95. The fourth-order valence-corrected chi connectivity index (χ4v) is 5.10. The highest BCUT2D eigenvalue weighted by atomic mass is 16.5. The molecule has 0 saturated carbocycles. The van der Waals surface area contributed by atoms with Crippen LogP contribution in [0.25, 0.3) is 16.7 Å². The Bertz CT molecular complexity index is 1170. The number of aromatic nitrogens is 2. The van der Waals surface area contributed by atoms with Crippen LogP contribution in [0.1, 0.15) is 55.7 Å². The van der Waals surface area contributed by atoms with E-state index >= 15 is 0 Å². The lowest BCUT2D eigenvalue weighted by Crippen LogP contribution is -2.44. The van der Waals surface area contributed by atoms with E-state index in [9.17, 15) is 4.79 Å². The lowest BCUT2D eigenvalue weighted by Gasteiger charge is -2.33. The maximum Gasteiger partial charge on any atom is 0.223 e. The molecule has 1 atom stereocenters. The number of carbonyl (C=O) groups excluding carboxylic acids is 1. The molecule has 1 amide bonds. The predicted octanol–water partition coefficient (Wildman–Crippen LogP) is 4.89. The Morgan fingerprint density at radius 3 is 2.41 bits per heavy atom. The van der Waals surface area contributed by atoms with Crippen molar-refractivity contribution in [2.75, 3.05) is 31.2 Å². The van der Waals surface area contributed by atoms with Crippen LogP contribution in [0.2, 0.25) is 0 Å². The van der Waals surface area contributed by atoms with Crippen molar-refractivity contribution in [2.24, 2.45) is 5.92 Å². The third kappa shape index (κ3) is 4.43. The summed E-state index contributed by atoms with van der Waals surface area (Å²) < 4.78 is 7.70. The second-order valence-corrected chi connectivity index (χ2v) is 10.2. The molecule has 1 aromatic heterocycles. The van der Waals surface area contributed by atoms with Crippen LogP contribution in [-0.4, -0.2) is 47.8 Å². The van der Waals surface area contributed by atoms with E-state index in [-0.39, 0.29) is 17.9 Å². The van der Waals surface area contributed by atoms with E-state index in [1.165, 1.54) is 16.7 Å². The molecule has 1 N–H and O–H groups in total. The number of imidazole rings is 1. The zero-order valence-corrected chi connectivity index (χ0v) is 20.8. The average Bonchev–Trinajstić information content (AvgIpc) is 3.47.